The molecule has 6 heteroatoms. The number of carbonyl (C=O) groups is 1. The van der Waals surface area contributed by atoms with Gasteiger partial charge in [-0.05, 0) is 30.9 Å². The first-order valence-electron chi connectivity index (χ1n) is 6.30. The summed E-state index contributed by atoms with van der Waals surface area (Å²) in [6.07, 6.45) is 2.28. The molecule has 2 rings (SSSR count). The lowest BCUT2D eigenvalue weighted by atomic mass is 9.93. The zero-order valence-electron chi connectivity index (χ0n) is 10.7. The Bertz CT molecular complexity index is 514. The second-order valence-electron chi connectivity index (χ2n) is 4.82. The Hall–Kier alpha value is -2.29. The highest BCUT2D eigenvalue weighted by atomic mass is 16.1. The third-order valence-electron chi connectivity index (χ3n) is 3.45. The number of amides is 1. The van der Waals surface area contributed by atoms with Crippen molar-refractivity contribution in [2.24, 2.45) is 11.7 Å². The Kier molecular flexibility index (Phi) is 3.85. The fraction of sp³-hybridized carbons (Fsp3) is 0.462. The number of nitriles is 1. The van der Waals surface area contributed by atoms with E-state index in [1.54, 1.807) is 6.07 Å². The molecule has 0 bridgehead atoms. The summed E-state index contributed by atoms with van der Waals surface area (Å²) in [5.74, 6) is 0.886. The van der Waals surface area contributed by atoms with Crippen LogP contribution in [-0.4, -0.2) is 24.0 Å². The molecule has 0 spiro atoms. The molecule has 0 unspecified atom stereocenters. The lowest BCUT2D eigenvalue weighted by Crippen LogP contribution is -2.35. The van der Waals surface area contributed by atoms with Crippen LogP contribution in [0.1, 0.15) is 25.0 Å². The lowest BCUT2D eigenvalue weighted by Gasteiger charge is -2.32. The van der Waals surface area contributed by atoms with Crippen LogP contribution in [0.15, 0.2) is 12.1 Å². The second-order valence-corrected chi connectivity index (χ2v) is 4.82. The molecule has 19 heavy (non-hydrogen) atoms. The Morgan fingerprint density at radius 3 is 2.74 bits per heavy atom. The van der Waals surface area contributed by atoms with Crippen LogP contribution in [0.5, 0.6) is 0 Å². The number of anilines is 2. The number of hydrogen-bond acceptors (Lipinski definition) is 5. The van der Waals surface area contributed by atoms with Gasteiger partial charge in [0.1, 0.15) is 11.9 Å². The van der Waals surface area contributed by atoms with Gasteiger partial charge in [0.15, 0.2) is 5.69 Å². The highest BCUT2D eigenvalue weighted by Gasteiger charge is 2.21. The van der Waals surface area contributed by atoms with Crippen LogP contribution >= 0.6 is 0 Å². The minimum Gasteiger partial charge on any atom is -0.396 e. The Labute approximate surface area is 112 Å². The van der Waals surface area contributed by atoms with Gasteiger partial charge in [-0.15, -0.1) is 0 Å². The van der Waals surface area contributed by atoms with Crippen LogP contribution in [0, 0.1) is 17.2 Å². The van der Waals surface area contributed by atoms with Crippen molar-refractivity contribution in [2.45, 2.75) is 19.3 Å². The number of carbonyl (C=O) groups excluding carboxylic acids is 1. The average Bonchev–Trinajstić information content (AvgIpc) is 2.40. The summed E-state index contributed by atoms with van der Waals surface area (Å²) in [4.78, 5) is 17.2. The van der Waals surface area contributed by atoms with Gasteiger partial charge in [-0.25, -0.2) is 4.98 Å². The molecule has 0 aliphatic carbocycles. The number of nitrogens with two attached hydrogens (primary N) is 2. The lowest BCUT2D eigenvalue weighted by molar-refractivity contribution is -0.119. The topological polar surface area (TPSA) is 109 Å². The number of nitrogens with zero attached hydrogens (tertiary/aromatic N) is 3. The average molecular weight is 259 g/mol. The van der Waals surface area contributed by atoms with Crippen LogP contribution in [0.3, 0.4) is 0 Å². The van der Waals surface area contributed by atoms with Gasteiger partial charge in [0.05, 0.1) is 5.69 Å². The van der Waals surface area contributed by atoms with Gasteiger partial charge < -0.3 is 16.4 Å². The van der Waals surface area contributed by atoms with E-state index < -0.39 is 0 Å². The molecule has 1 amide bonds. The molecule has 1 aliphatic heterocycles. The summed E-state index contributed by atoms with van der Waals surface area (Å²) in [6, 6.07) is 5.51. The van der Waals surface area contributed by atoms with Gasteiger partial charge in [-0.2, -0.15) is 5.26 Å². The van der Waals surface area contributed by atoms with E-state index in [-0.39, 0.29) is 11.6 Å². The molecule has 6 nitrogen and oxygen atoms in total. The Morgan fingerprint density at radius 1 is 1.47 bits per heavy atom. The number of rotatable bonds is 3. The maximum atomic E-state index is 10.9. The standard InChI is InChI=1S/C13H17N5O/c14-8-11-10(15)1-2-13(17-11)18-5-3-9(4-6-18)7-12(16)19/h1-2,9H,3-7,15H2,(H2,16,19). The smallest absolute Gasteiger partial charge is 0.217 e. The van der Waals surface area contributed by atoms with Gasteiger partial charge in [-0.3, -0.25) is 4.79 Å². The number of pyridine rings is 1. The fourth-order valence-corrected chi connectivity index (χ4v) is 2.38. The van der Waals surface area contributed by atoms with Crippen molar-refractivity contribution in [1.29, 1.82) is 5.26 Å². The monoisotopic (exact) mass is 259 g/mol. The molecule has 2 heterocycles. The van der Waals surface area contributed by atoms with Gasteiger partial charge in [0.25, 0.3) is 0 Å². The van der Waals surface area contributed by atoms with E-state index in [9.17, 15) is 4.79 Å². The predicted octanol–water partition coefficient (Wildman–Crippen LogP) is 0.627. The predicted molar refractivity (Wildman–Crippen MR) is 72.1 cm³/mol. The molecule has 1 fully saturated rings. The van der Waals surface area contributed by atoms with Crippen LogP contribution in [0.2, 0.25) is 0 Å². The molecular formula is C13H17N5O. The van der Waals surface area contributed by atoms with Gasteiger partial charge in [0, 0.05) is 19.5 Å². The van der Waals surface area contributed by atoms with Crippen molar-refractivity contribution in [3.05, 3.63) is 17.8 Å². The molecule has 0 saturated carbocycles. The number of primary amides is 1. The number of aromatic nitrogens is 1. The zero-order valence-corrected chi connectivity index (χ0v) is 10.7. The first-order valence-corrected chi connectivity index (χ1v) is 6.30. The van der Waals surface area contributed by atoms with Crippen LogP contribution in [0.25, 0.3) is 0 Å². The summed E-state index contributed by atoms with van der Waals surface area (Å²) >= 11 is 0. The van der Waals surface area contributed by atoms with Crippen LogP contribution < -0.4 is 16.4 Å². The van der Waals surface area contributed by atoms with Crippen molar-refractivity contribution in [3.63, 3.8) is 0 Å². The van der Waals surface area contributed by atoms with Crippen molar-refractivity contribution in [2.75, 3.05) is 23.7 Å². The first-order chi connectivity index (χ1) is 9.10. The molecule has 1 aromatic rings. The molecule has 0 radical (unpaired) electrons. The van der Waals surface area contributed by atoms with Gasteiger partial charge >= 0.3 is 0 Å². The molecule has 0 aromatic carbocycles. The normalized spacial score (nSPS) is 16.1. The Balaban J connectivity index is 2.02. The van der Waals surface area contributed by atoms with Crippen LogP contribution in [-0.2, 0) is 4.79 Å². The van der Waals surface area contributed by atoms with E-state index in [2.05, 4.69) is 9.88 Å². The number of piperidine rings is 1. The summed E-state index contributed by atoms with van der Waals surface area (Å²) in [6.45, 7) is 1.64. The summed E-state index contributed by atoms with van der Waals surface area (Å²) in [7, 11) is 0. The fourth-order valence-electron chi connectivity index (χ4n) is 2.38. The quantitative estimate of drug-likeness (QED) is 0.827. The third kappa shape index (κ3) is 3.13. The Morgan fingerprint density at radius 2 is 2.16 bits per heavy atom. The van der Waals surface area contributed by atoms with Crippen molar-refractivity contribution in [3.8, 4) is 6.07 Å². The van der Waals surface area contributed by atoms with E-state index in [1.807, 2.05) is 12.1 Å². The van der Waals surface area contributed by atoms with E-state index in [4.69, 9.17) is 16.7 Å². The SMILES string of the molecule is N#Cc1nc(N2CCC(CC(N)=O)CC2)ccc1N. The summed E-state index contributed by atoms with van der Waals surface area (Å²) in [5, 5.41) is 8.92. The van der Waals surface area contributed by atoms with Gasteiger partial charge in [-0.1, -0.05) is 0 Å². The molecule has 1 aromatic heterocycles. The van der Waals surface area contributed by atoms with E-state index in [0.29, 0.717) is 18.0 Å². The highest BCUT2D eigenvalue weighted by Crippen LogP contribution is 2.25. The summed E-state index contributed by atoms with van der Waals surface area (Å²) in [5.41, 5.74) is 11.5. The van der Waals surface area contributed by atoms with E-state index in [0.717, 1.165) is 31.7 Å². The molecule has 1 saturated heterocycles. The number of nitrogen functional groups attached to an aromatic ring is 1. The van der Waals surface area contributed by atoms with E-state index >= 15 is 0 Å². The number of hydrogen-bond donors (Lipinski definition) is 2. The van der Waals surface area contributed by atoms with Gasteiger partial charge in [0.2, 0.25) is 5.91 Å². The largest absolute Gasteiger partial charge is 0.396 e. The van der Waals surface area contributed by atoms with Crippen LogP contribution in [0.4, 0.5) is 11.5 Å². The minimum atomic E-state index is -0.240. The first kappa shape index (κ1) is 13.1. The second kappa shape index (κ2) is 5.57. The molecular weight excluding hydrogens is 242 g/mol. The molecule has 0 atom stereocenters. The van der Waals surface area contributed by atoms with Crippen molar-refractivity contribution < 1.29 is 4.79 Å². The zero-order chi connectivity index (χ0) is 13.8. The van der Waals surface area contributed by atoms with Crippen molar-refractivity contribution in [1.82, 2.24) is 4.98 Å². The highest BCUT2D eigenvalue weighted by molar-refractivity contribution is 5.74. The third-order valence-corrected chi connectivity index (χ3v) is 3.45. The maximum absolute atomic E-state index is 10.9. The minimum absolute atomic E-state index is 0.240. The molecule has 100 valence electrons. The van der Waals surface area contributed by atoms with Crippen molar-refractivity contribution >= 4 is 17.4 Å². The summed E-state index contributed by atoms with van der Waals surface area (Å²) < 4.78 is 0. The maximum Gasteiger partial charge on any atom is 0.217 e. The van der Waals surface area contributed by atoms with E-state index in [1.165, 1.54) is 0 Å². The molecule has 4 N–H and O–H groups in total. The molecule has 1 aliphatic rings.